The summed E-state index contributed by atoms with van der Waals surface area (Å²) in [5, 5.41) is 0. The van der Waals surface area contributed by atoms with Crippen LogP contribution in [0, 0.1) is 6.92 Å². The maximum atomic E-state index is 4.68. The summed E-state index contributed by atoms with van der Waals surface area (Å²) in [4.78, 5) is 4.68. The third-order valence-electron chi connectivity index (χ3n) is 3.08. The number of halogens is 1. The van der Waals surface area contributed by atoms with E-state index in [1.165, 1.54) is 34.8 Å². The minimum Gasteiger partial charge on any atom is -0.302 e. The highest BCUT2D eigenvalue weighted by molar-refractivity contribution is 9.10. The Labute approximate surface area is 108 Å². The second-order valence-corrected chi connectivity index (χ2v) is 6.18. The van der Waals surface area contributed by atoms with E-state index in [0.717, 1.165) is 4.60 Å². The van der Waals surface area contributed by atoms with E-state index in [2.05, 4.69) is 50.6 Å². The molecule has 2 nitrogen and oxygen atoms in total. The quantitative estimate of drug-likeness (QED) is 0.799. The van der Waals surface area contributed by atoms with E-state index in [4.69, 9.17) is 0 Å². The van der Waals surface area contributed by atoms with Crippen molar-refractivity contribution in [2.45, 2.75) is 19.3 Å². The first-order valence-electron chi connectivity index (χ1n) is 5.47. The standard InChI is InChI=1S/C12H13BrN2S/c1-8-2-4-15-10(6-8)11(13)14-12(15)9-3-5-16-7-9/h2,4,6,9H,3,5,7H2,1H3. The van der Waals surface area contributed by atoms with Gasteiger partial charge in [0.2, 0.25) is 0 Å². The number of fused-ring (bicyclic) bond motifs is 1. The second kappa shape index (κ2) is 4.08. The predicted octanol–water partition coefficient (Wildman–Crippen LogP) is 3.63. The molecule has 0 amide bonds. The lowest BCUT2D eigenvalue weighted by Gasteiger charge is -2.07. The molecule has 0 spiro atoms. The summed E-state index contributed by atoms with van der Waals surface area (Å²) in [6.45, 7) is 2.12. The Morgan fingerprint density at radius 1 is 1.56 bits per heavy atom. The van der Waals surface area contributed by atoms with Crippen LogP contribution in [-0.4, -0.2) is 20.9 Å². The van der Waals surface area contributed by atoms with E-state index in [1.807, 2.05) is 11.8 Å². The summed E-state index contributed by atoms with van der Waals surface area (Å²) >= 11 is 5.59. The van der Waals surface area contributed by atoms with Crippen LogP contribution in [0.15, 0.2) is 22.9 Å². The number of aromatic nitrogens is 2. The fraction of sp³-hybridized carbons (Fsp3) is 0.417. The van der Waals surface area contributed by atoms with E-state index in [1.54, 1.807) is 0 Å². The van der Waals surface area contributed by atoms with Gasteiger partial charge < -0.3 is 4.40 Å². The Bertz CT molecular complexity index is 529. The van der Waals surface area contributed by atoms with Crippen molar-refractivity contribution in [1.29, 1.82) is 0 Å². The van der Waals surface area contributed by atoms with E-state index in [0.29, 0.717) is 5.92 Å². The summed E-state index contributed by atoms with van der Waals surface area (Å²) in [7, 11) is 0. The third kappa shape index (κ3) is 1.68. The number of hydrogen-bond donors (Lipinski definition) is 0. The molecule has 1 fully saturated rings. The van der Waals surface area contributed by atoms with Crippen LogP contribution in [0.1, 0.15) is 23.7 Å². The van der Waals surface area contributed by atoms with Gasteiger partial charge in [-0.3, -0.25) is 0 Å². The van der Waals surface area contributed by atoms with Gasteiger partial charge in [0.25, 0.3) is 0 Å². The number of hydrogen-bond acceptors (Lipinski definition) is 2. The van der Waals surface area contributed by atoms with E-state index >= 15 is 0 Å². The molecule has 0 aromatic carbocycles. The highest BCUT2D eigenvalue weighted by Crippen LogP contribution is 2.33. The zero-order chi connectivity index (χ0) is 11.1. The van der Waals surface area contributed by atoms with Gasteiger partial charge in [0.1, 0.15) is 10.4 Å². The first-order chi connectivity index (χ1) is 7.75. The number of imidazole rings is 1. The molecule has 4 heteroatoms. The second-order valence-electron chi connectivity index (χ2n) is 4.28. The highest BCUT2D eigenvalue weighted by atomic mass is 79.9. The van der Waals surface area contributed by atoms with Crippen LogP contribution in [-0.2, 0) is 0 Å². The number of thioether (sulfide) groups is 1. The van der Waals surface area contributed by atoms with Gasteiger partial charge in [0, 0.05) is 17.9 Å². The molecule has 1 unspecified atom stereocenters. The summed E-state index contributed by atoms with van der Waals surface area (Å²) in [5.41, 5.74) is 2.47. The van der Waals surface area contributed by atoms with Crippen molar-refractivity contribution in [3.63, 3.8) is 0 Å². The van der Waals surface area contributed by atoms with Crippen molar-refractivity contribution in [2.75, 3.05) is 11.5 Å². The molecule has 0 aliphatic carbocycles. The molecule has 3 rings (SSSR count). The van der Waals surface area contributed by atoms with Crippen molar-refractivity contribution in [2.24, 2.45) is 0 Å². The molecule has 2 aromatic heterocycles. The van der Waals surface area contributed by atoms with Gasteiger partial charge in [-0.1, -0.05) is 0 Å². The molecule has 1 aliphatic rings. The van der Waals surface area contributed by atoms with Crippen LogP contribution >= 0.6 is 27.7 Å². The molecule has 1 aliphatic heterocycles. The van der Waals surface area contributed by atoms with Crippen LogP contribution in [0.5, 0.6) is 0 Å². The topological polar surface area (TPSA) is 17.3 Å². The largest absolute Gasteiger partial charge is 0.302 e. The summed E-state index contributed by atoms with van der Waals surface area (Å²) < 4.78 is 3.20. The van der Waals surface area contributed by atoms with Gasteiger partial charge in [-0.2, -0.15) is 11.8 Å². The molecule has 0 radical (unpaired) electrons. The minimum absolute atomic E-state index is 0.617. The first-order valence-corrected chi connectivity index (χ1v) is 7.42. The molecule has 1 atom stereocenters. The zero-order valence-electron chi connectivity index (χ0n) is 9.11. The van der Waals surface area contributed by atoms with Crippen molar-refractivity contribution < 1.29 is 0 Å². The Hall–Kier alpha value is -0.480. The third-order valence-corrected chi connectivity index (χ3v) is 4.82. The number of pyridine rings is 1. The van der Waals surface area contributed by atoms with Crippen LogP contribution in [0.3, 0.4) is 0 Å². The van der Waals surface area contributed by atoms with Crippen LogP contribution in [0.25, 0.3) is 5.52 Å². The van der Waals surface area contributed by atoms with Gasteiger partial charge in [0.05, 0.1) is 5.52 Å². The average molecular weight is 297 g/mol. The van der Waals surface area contributed by atoms with Crippen LogP contribution < -0.4 is 0 Å². The monoisotopic (exact) mass is 296 g/mol. The zero-order valence-corrected chi connectivity index (χ0v) is 11.5. The number of aryl methyl sites for hydroxylation is 1. The van der Waals surface area contributed by atoms with Gasteiger partial charge in [-0.15, -0.1) is 0 Å². The lowest BCUT2D eigenvalue weighted by Crippen LogP contribution is -2.02. The van der Waals surface area contributed by atoms with Crippen LogP contribution in [0.4, 0.5) is 0 Å². The molecular weight excluding hydrogens is 284 g/mol. The van der Waals surface area contributed by atoms with Crippen molar-refractivity contribution >= 4 is 33.2 Å². The molecule has 0 saturated carbocycles. The van der Waals surface area contributed by atoms with Crippen molar-refractivity contribution in [1.82, 2.24) is 9.38 Å². The molecular formula is C12H13BrN2S. The fourth-order valence-corrected chi connectivity index (χ4v) is 3.91. The lowest BCUT2D eigenvalue weighted by molar-refractivity contribution is 0.712. The van der Waals surface area contributed by atoms with Crippen molar-refractivity contribution in [3.8, 4) is 0 Å². The van der Waals surface area contributed by atoms with Gasteiger partial charge in [0.15, 0.2) is 0 Å². The normalized spacial score (nSPS) is 20.8. The Balaban J connectivity index is 2.18. The Morgan fingerprint density at radius 3 is 3.19 bits per heavy atom. The molecule has 84 valence electrons. The van der Waals surface area contributed by atoms with E-state index < -0.39 is 0 Å². The molecule has 0 bridgehead atoms. The predicted molar refractivity (Wildman–Crippen MR) is 72.3 cm³/mol. The smallest absolute Gasteiger partial charge is 0.132 e. The fourth-order valence-electron chi connectivity index (χ4n) is 2.20. The molecule has 3 heterocycles. The molecule has 1 saturated heterocycles. The number of nitrogens with zero attached hydrogens (tertiary/aromatic N) is 2. The molecule has 2 aromatic rings. The SMILES string of the molecule is Cc1ccn2c(C3CCSC3)nc(Br)c2c1. The van der Waals surface area contributed by atoms with E-state index in [-0.39, 0.29) is 0 Å². The summed E-state index contributed by atoms with van der Waals surface area (Å²) in [6, 6.07) is 4.33. The van der Waals surface area contributed by atoms with E-state index in [9.17, 15) is 0 Å². The maximum absolute atomic E-state index is 4.68. The maximum Gasteiger partial charge on any atom is 0.132 e. The van der Waals surface area contributed by atoms with Gasteiger partial charge in [-0.05, 0) is 52.7 Å². The Morgan fingerprint density at radius 2 is 2.44 bits per heavy atom. The summed E-state index contributed by atoms with van der Waals surface area (Å²) in [6.07, 6.45) is 3.39. The van der Waals surface area contributed by atoms with Gasteiger partial charge >= 0.3 is 0 Å². The number of rotatable bonds is 1. The molecule has 16 heavy (non-hydrogen) atoms. The van der Waals surface area contributed by atoms with Gasteiger partial charge in [-0.25, -0.2) is 4.98 Å². The Kier molecular flexibility index (Phi) is 2.72. The van der Waals surface area contributed by atoms with Crippen molar-refractivity contribution in [3.05, 3.63) is 34.3 Å². The summed E-state index contributed by atoms with van der Waals surface area (Å²) in [5.74, 6) is 4.31. The lowest BCUT2D eigenvalue weighted by atomic mass is 10.1. The molecule has 0 N–H and O–H groups in total. The minimum atomic E-state index is 0.617. The first kappa shape index (κ1) is 10.7. The van der Waals surface area contributed by atoms with Crippen LogP contribution in [0.2, 0.25) is 0 Å². The average Bonchev–Trinajstić information content (AvgIpc) is 2.87. The highest BCUT2D eigenvalue weighted by Gasteiger charge is 2.23.